The second-order valence-electron chi connectivity index (χ2n) is 8.57. The number of alkyl halides is 2. The number of rotatable bonds is 9. The quantitative estimate of drug-likeness (QED) is 0.424. The maximum Gasteiger partial charge on any atom is 0.265 e. The van der Waals surface area contributed by atoms with E-state index in [9.17, 15) is 13.6 Å². The number of pyridine rings is 2. The van der Waals surface area contributed by atoms with Gasteiger partial charge in [0.1, 0.15) is 6.61 Å². The third-order valence-electron chi connectivity index (χ3n) is 5.82. The van der Waals surface area contributed by atoms with E-state index in [1.54, 1.807) is 36.5 Å². The Hall–Kier alpha value is -3.14. The number of nitrogens with zero attached hydrogens (tertiary/aromatic N) is 4. The van der Waals surface area contributed by atoms with Gasteiger partial charge in [-0.2, -0.15) is 0 Å². The summed E-state index contributed by atoms with van der Waals surface area (Å²) in [4.78, 5) is 18.6. The molecule has 0 aromatic carbocycles. The van der Waals surface area contributed by atoms with Gasteiger partial charge < -0.3 is 24.9 Å². The lowest BCUT2D eigenvalue weighted by Crippen LogP contribution is -2.43. The minimum Gasteiger partial charge on any atom is -0.482 e. The molecule has 186 valence electrons. The average molecular weight is 477 g/mol. The van der Waals surface area contributed by atoms with Crippen molar-refractivity contribution in [3.05, 3.63) is 57.9 Å². The lowest BCUT2D eigenvalue weighted by atomic mass is 10.1. The van der Waals surface area contributed by atoms with Gasteiger partial charge in [0, 0.05) is 38.8 Å². The van der Waals surface area contributed by atoms with Crippen molar-refractivity contribution in [2.45, 2.75) is 52.0 Å². The minimum absolute atomic E-state index is 0.0343. The first kappa shape index (κ1) is 25.5. The summed E-state index contributed by atoms with van der Waals surface area (Å²) in [6.07, 6.45) is 5.19. The summed E-state index contributed by atoms with van der Waals surface area (Å²) >= 11 is 0. The van der Waals surface area contributed by atoms with Crippen molar-refractivity contribution in [3.8, 4) is 5.75 Å². The molecule has 4 N–H and O–H groups in total. The van der Waals surface area contributed by atoms with Crippen molar-refractivity contribution in [1.82, 2.24) is 14.6 Å². The molecule has 0 unspecified atom stereocenters. The first-order valence-electron chi connectivity index (χ1n) is 11.6. The Kier molecular flexibility index (Phi) is 8.14. The van der Waals surface area contributed by atoms with Gasteiger partial charge in [-0.25, -0.2) is 19.6 Å². The van der Waals surface area contributed by atoms with E-state index in [-0.39, 0.29) is 30.8 Å². The zero-order valence-corrected chi connectivity index (χ0v) is 20.1. The smallest absolute Gasteiger partial charge is 0.265 e. The Morgan fingerprint density at radius 3 is 2.71 bits per heavy atom. The summed E-state index contributed by atoms with van der Waals surface area (Å²) in [5.41, 5.74) is 8.76. The number of nitrogens with two attached hydrogens (primary N) is 2. The molecule has 3 rings (SSSR count). The number of halogens is 2. The van der Waals surface area contributed by atoms with E-state index < -0.39 is 5.92 Å². The van der Waals surface area contributed by atoms with Crippen molar-refractivity contribution in [2.24, 2.45) is 11.6 Å². The Labute approximate surface area is 198 Å². The van der Waals surface area contributed by atoms with E-state index in [1.807, 2.05) is 18.4 Å². The molecule has 0 atom stereocenters. The predicted molar refractivity (Wildman–Crippen MR) is 130 cm³/mol. The summed E-state index contributed by atoms with van der Waals surface area (Å²) in [7, 11) is 1.62. The van der Waals surface area contributed by atoms with Crippen LogP contribution in [0.15, 0.2) is 41.1 Å². The van der Waals surface area contributed by atoms with Crippen molar-refractivity contribution in [1.29, 1.82) is 0 Å². The molecule has 0 amide bonds. The number of hydrogen-bond acceptors (Lipinski definition) is 7. The highest BCUT2D eigenvalue weighted by molar-refractivity contribution is 5.65. The Morgan fingerprint density at radius 1 is 1.29 bits per heavy atom. The van der Waals surface area contributed by atoms with Crippen LogP contribution in [-0.4, -0.2) is 47.2 Å². The second-order valence-corrected chi connectivity index (χ2v) is 8.57. The molecule has 34 heavy (non-hydrogen) atoms. The highest BCUT2D eigenvalue weighted by Crippen LogP contribution is 2.32. The van der Waals surface area contributed by atoms with Gasteiger partial charge in [-0.05, 0) is 31.4 Å². The van der Waals surface area contributed by atoms with Crippen LogP contribution in [0.5, 0.6) is 5.75 Å². The third-order valence-corrected chi connectivity index (χ3v) is 5.82. The van der Waals surface area contributed by atoms with Gasteiger partial charge in [-0.3, -0.25) is 4.79 Å². The number of likely N-dealkylation sites (N-methyl/N-ethyl adjacent to an activating group) is 1. The van der Waals surface area contributed by atoms with E-state index in [1.165, 1.54) is 11.1 Å². The Balaban J connectivity index is 1.87. The zero-order chi connectivity index (χ0) is 24.9. The van der Waals surface area contributed by atoms with Crippen LogP contribution in [0.3, 0.4) is 0 Å². The highest BCUT2D eigenvalue weighted by Gasteiger charge is 2.36. The van der Waals surface area contributed by atoms with Gasteiger partial charge in [0.15, 0.2) is 5.75 Å². The molecule has 0 bridgehead atoms. The molecule has 1 saturated heterocycles. The Bertz CT molecular complexity index is 1080. The van der Waals surface area contributed by atoms with E-state index in [2.05, 4.69) is 4.98 Å². The molecule has 2 aromatic rings. The lowest BCUT2D eigenvalue weighted by molar-refractivity contribution is -0.0117. The number of ether oxygens (including phenoxy) is 1. The van der Waals surface area contributed by atoms with Gasteiger partial charge in [0.05, 0.1) is 41.2 Å². The van der Waals surface area contributed by atoms with Crippen molar-refractivity contribution >= 4 is 11.4 Å². The van der Waals surface area contributed by atoms with Crippen LogP contribution in [0, 0.1) is 0 Å². The number of aryl methyl sites for hydroxylation is 2. The highest BCUT2D eigenvalue weighted by atomic mass is 19.3. The summed E-state index contributed by atoms with van der Waals surface area (Å²) in [5.74, 6) is 3.51. The van der Waals surface area contributed by atoms with Crippen molar-refractivity contribution in [2.75, 3.05) is 31.6 Å². The second kappa shape index (κ2) is 10.9. The topological polar surface area (TPSA) is 103 Å². The molecule has 0 saturated carbocycles. The van der Waals surface area contributed by atoms with Crippen LogP contribution >= 0.6 is 0 Å². The SMILES string of the molecule is CCCn1ccc(=O)c(OC/C(=C(/N)c2ccc(N3CCCC(F)(F)C3)c(CC)n2)N(C)N)c1. The lowest BCUT2D eigenvalue weighted by Gasteiger charge is -2.35. The molecule has 3 heterocycles. The molecule has 2 aromatic heterocycles. The molecule has 0 aliphatic carbocycles. The first-order valence-corrected chi connectivity index (χ1v) is 11.6. The Morgan fingerprint density at radius 2 is 2.06 bits per heavy atom. The predicted octanol–water partition coefficient (Wildman–Crippen LogP) is 2.96. The number of piperidine rings is 1. The van der Waals surface area contributed by atoms with Gasteiger partial charge in [0.25, 0.3) is 5.92 Å². The van der Waals surface area contributed by atoms with Crippen LogP contribution in [0.4, 0.5) is 14.5 Å². The average Bonchev–Trinajstić information content (AvgIpc) is 2.79. The van der Waals surface area contributed by atoms with Crippen molar-refractivity contribution in [3.63, 3.8) is 0 Å². The molecular formula is C24H34F2N6O2. The third kappa shape index (κ3) is 6.05. The fourth-order valence-electron chi connectivity index (χ4n) is 4.04. The van der Waals surface area contributed by atoms with Crippen LogP contribution in [-0.2, 0) is 13.0 Å². The largest absolute Gasteiger partial charge is 0.482 e. The molecule has 1 aliphatic rings. The molecular weight excluding hydrogens is 442 g/mol. The number of hydrazine groups is 1. The van der Waals surface area contributed by atoms with E-state index in [4.69, 9.17) is 16.3 Å². The monoisotopic (exact) mass is 476 g/mol. The minimum atomic E-state index is -2.71. The summed E-state index contributed by atoms with van der Waals surface area (Å²) in [5, 5.41) is 1.33. The fraction of sp³-hybridized carbons (Fsp3) is 0.500. The summed E-state index contributed by atoms with van der Waals surface area (Å²) in [6, 6.07) is 4.95. The normalized spacial score (nSPS) is 16.2. The van der Waals surface area contributed by atoms with E-state index in [0.29, 0.717) is 47.9 Å². The van der Waals surface area contributed by atoms with Gasteiger partial charge in [-0.1, -0.05) is 13.8 Å². The van der Waals surface area contributed by atoms with Crippen LogP contribution in [0.1, 0.15) is 44.5 Å². The summed E-state index contributed by atoms with van der Waals surface area (Å²) < 4.78 is 35.6. The van der Waals surface area contributed by atoms with E-state index in [0.717, 1.165) is 13.0 Å². The van der Waals surface area contributed by atoms with E-state index >= 15 is 0 Å². The summed E-state index contributed by atoms with van der Waals surface area (Å²) in [6.45, 7) is 4.94. The zero-order valence-electron chi connectivity index (χ0n) is 20.1. The molecule has 1 aliphatic heterocycles. The molecule has 0 radical (unpaired) electrons. The number of anilines is 1. The fourth-order valence-corrected chi connectivity index (χ4v) is 4.04. The van der Waals surface area contributed by atoms with Crippen LogP contribution in [0.25, 0.3) is 5.70 Å². The molecule has 0 spiro atoms. The van der Waals surface area contributed by atoms with Gasteiger partial charge in [-0.15, -0.1) is 0 Å². The molecule has 8 nitrogen and oxygen atoms in total. The molecule has 1 fully saturated rings. The van der Waals surface area contributed by atoms with Crippen LogP contribution < -0.4 is 26.6 Å². The van der Waals surface area contributed by atoms with Crippen LogP contribution in [0.2, 0.25) is 0 Å². The number of aromatic nitrogens is 2. The number of hydrogen-bond donors (Lipinski definition) is 2. The maximum absolute atomic E-state index is 14.0. The molecule has 10 heteroatoms. The van der Waals surface area contributed by atoms with Crippen molar-refractivity contribution < 1.29 is 13.5 Å². The standard InChI is InChI=1S/C24H34F2N6O2/c1-4-11-31-13-9-21(33)22(14-31)34-15-20(30(3)28)23(27)18-7-8-19(17(5-2)29-18)32-12-6-10-24(25,26)16-32/h7-9,13-14H,4-6,10-12,15-16,27-28H2,1-3H3/b23-20-. The van der Waals surface area contributed by atoms with Gasteiger partial charge >= 0.3 is 0 Å². The first-order chi connectivity index (χ1) is 16.1. The maximum atomic E-state index is 14.0. The van der Waals surface area contributed by atoms with Gasteiger partial charge in [0.2, 0.25) is 5.43 Å².